The van der Waals surface area contributed by atoms with Crippen LogP contribution in [0.25, 0.3) is 0 Å². The molecule has 0 saturated heterocycles. The van der Waals surface area contributed by atoms with E-state index in [2.05, 4.69) is 25.8 Å². The second-order valence-electron chi connectivity index (χ2n) is 5.09. The van der Waals surface area contributed by atoms with Gasteiger partial charge in [-0.2, -0.15) is 0 Å². The van der Waals surface area contributed by atoms with Crippen molar-refractivity contribution in [3.8, 4) is 5.75 Å². The van der Waals surface area contributed by atoms with Crippen LogP contribution in [0.2, 0.25) is 0 Å². The van der Waals surface area contributed by atoms with Gasteiger partial charge in [-0.15, -0.1) is 0 Å². The van der Waals surface area contributed by atoms with E-state index in [1.807, 2.05) is 19.1 Å². The summed E-state index contributed by atoms with van der Waals surface area (Å²) in [6, 6.07) is 4.17. The molecule has 2 atom stereocenters. The summed E-state index contributed by atoms with van der Waals surface area (Å²) in [4.78, 5) is 4.56. The lowest BCUT2D eigenvalue weighted by Crippen LogP contribution is -2.23. The second kappa shape index (κ2) is 7.37. The normalized spacial score (nSPS) is 14.3. The van der Waals surface area contributed by atoms with Gasteiger partial charge in [0.1, 0.15) is 5.75 Å². The van der Waals surface area contributed by atoms with Crippen LogP contribution in [-0.4, -0.2) is 17.6 Å². The molecule has 0 aromatic carbocycles. The van der Waals surface area contributed by atoms with Crippen LogP contribution < -0.4 is 10.5 Å². The topological polar surface area (TPSA) is 48.1 Å². The van der Waals surface area contributed by atoms with Crippen LogP contribution in [0.1, 0.15) is 45.0 Å². The number of hydrogen-bond acceptors (Lipinski definition) is 3. The van der Waals surface area contributed by atoms with E-state index >= 15 is 0 Å². The van der Waals surface area contributed by atoms with E-state index in [4.69, 9.17) is 10.5 Å². The monoisotopic (exact) mass is 250 g/mol. The van der Waals surface area contributed by atoms with Crippen LogP contribution in [0, 0.1) is 12.8 Å². The summed E-state index contributed by atoms with van der Waals surface area (Å²) < 4.78 is 5.87. The van der Waals surface area contributed by atoms with Gasteiger partial charge in [-0.3, -0.25) is 4.98 Å². The predicted octanol–water partition coefficient (Wildman–Crippen LogP) is 3.09. The average Bonchev–Trinajstić information content (AvgIpc) is 2.37. The maximum absolute atomic E-state index is 6.01. The molecule has 0 radical (unpaired) electrons. The molecule has 0 spiro atoms. The first-order valence-corrected chi connectivity index (χ1v) is 6.91. The van der Waals surface area contributed by atoms with Crippen molar-refractivity contribution >= 4 is 0 Å². The summed E-state index contributed by atoms with van der Waals surface area (Å²) in [5, 5.41) is 0. The SMILES string of the molecule is CCC(C)COc1ccc(C)nc1CC(N)CC. The number of rotatable bonds is 7. The standard InChI is InChI=1S/C15H26N2O/c1-5-11(3)10-18-15-8-7-12(4)17-14(15)9-13(16)6-2/h7-8,11,13H,5-6,9-10,16H2,1-4H3. The van der Waals surface area contributed by atoms with Gasteiger partial charge in [-0.1, -0.05) is 27.2 Å². The quantitative estimate of drug-likeness (QED) is 0.809. The average molecular weight is 250 g/mol. The van der Waals surface area contributed by atoms with Gasteiger partial charge in [0.15, 0.2) is 0 Å². The van der Waals surface area contributed by atoms with Crippen LogP contribution in [0.4, 0.5) is 0 Å². The minimum atomic E-state index is 0.158. The van der Waals surface area contributed by atoms with Crippen molar-refractivity contribution in [2.45, 2.75) is 53.0 Å². The summed E-state index contributed by atoms with van der Waals surface area (Å²) in [5.74, 6) is 1.46. The third-order valence-electron chi connectivity index (χ3n) is 3.27. The molecule has 3 heteroatoms. The van der Waals surface area contributed by atoms with E-state index in [0.717, 1.165) is 43.0 Å². The van der Waals surface area contributed by atoms with Crippen molar-refractivity contribution in [1.29, 1.82) is 0 Å². The molecule has 2 N–H and O–H groups in total. The fourth-order valence-electron chi connectivity index (χ4n) is 1.62. The third-order valence-corrected chi connectivity index (χ3v) is 3.27. The summed E-state index contributed by atoms with van der Waals surface area (Å²) in [6.45, 7) is 9.21. The number of nitrogens with zero attached hydrogens (tertiary/aromatic N) is 1. The maximum atomic E-state index is 6.01. The zero-order valence-corrected chi connectivity index (χ0v) is 12.1. The van der Waals surface area contributed by atoms with Crippen LogP contribution in [0.15, 0.2) is 12.1 Å². The highest BCUT2D eigenvalue weighted by Gasteiger charge is 2.11. The molecule has 2 unspecified atom stereocenters. The van der Waals surface area contributed by atoms with Crippen molar-refractivity contribution in [3.05, 3.63) is 23.5 Å². The molecule has 0 aliphatic rings. The number of ether oxygens (including phenoxy) is 1. The first-order valence-electron chi connectivity index (χ1n) is 6.91. The van der Waals surface area contributed by atoms with Gasteiger partial charge >= 0.3 is 0 Å². The molecule has 0 aliphatic heterocycles. The van der Waals surface area contributed by atoms with Crippen LogP contribution in [0.5, 0.6) is 5.75 Å². The van der Waals surface area contributed by atoms with Gasteiger partial charge in [0.2, 0.25) is 0 Å². The molecule has 1 heterocycles. The Morgan fingerprint density at radius 2 is 2.00 bits per heavy atom. The van der Waals surface area contributed by atoms with E-state index < -0.39 is 0 Å². The van der Waals surface area contributed by atoms with E-state index in [1.165, 1.54) is 0 Å². The summed E-state index contributed by atoms with van der Waals surface area (Å²) >= 11 is 0. The number of hydrogen-bond donors (Lipinski definition) is 1. The van der Waals surface area contributed by atoms with E-state index in [9.17, 15) is 0 Å². The van der Waals surface area contributed by atoms with Crippen LogP contribution in [-0.2, 0) is 6.42 Å². The molecule has 18 heavy (non-hydrogen) atoms. The highest BCUT2D eigenvalue weighted by Crippen LogP contribution is 2.20. The summed E-state index contributed by atoms with van der Waals surface area (Å²) in [6.07, 6.45) is 2.87. The predicted molar refractivity (Wildman–Crippen MR) is 75.9 cm³/mol. The number of pyridine rings is 1. The molecule has 0 amide bonds. The minimum Gasteiger partial charge on any atom is -0.491 e. The van der Waals surface area contributed by atoms with Crippen molar-refractivity contribution < 1.29 is 4.74 Å². The molecule has 3 nitrogen and oxygen atoms in total. The first kappa shape index (κ1) is 15.0. The minimum absolute atomic E-state index is 0.158. The van der Waals surface area contributed by atoms with Gasteiger partial charge < -0.3 is 10.5 Å². The molecule has 1 rings (SSSR count). The zero-order valence-electron chi connectivity index (χ0n) is 12.1. The van der Waals surface area contributed by atoms with Crippen molar-refractivity contribution in [3.63, 3.8) is 0 Å². The molecule has 1 aromatic heterocycles. The lowest BCUT2D eigenvalue weighted by atomic mass is 10.1. The first-order chi connectivity index (χ1) is 8.56. The molecular formula is C15H26N2O. The number of nitrogens with two attached hydrogens (primary N) is 1. The van der Waals surface area contributed by atoms with Gasteiger partial charge in [0, 0.05) is 18.2 Å². The lowest BCUT2D eigenvalue weighted by molar-refractivity contribution is 0.252. The Labute approximate surface area is 111 Å². The molecular weight excluding hydrogens is 224 g/mol. The lowest BCUT2D eigenvalue weighted by Gasteiger charge is -2.16. The number of aryl methyl sites for hydroxylation is 1. The summed E-state index contributed by atoms with van der Waals surface area (Å²) in [5.41, 5.74) is 8.02. The van der Waals surface area contributed by atoms with Crippen molar-refractivity contribution in [2.24, 2.45) is 11.7 Å². The Kier molecular flexibility index (Phi) is 6.13. The maximum Gasteiger partial charge on any atom is 0.140 e. The summed E-state index contributed by atoms with van der Waals surface area (Å²) in [7, 11) is 0. The number of aromatic nitrogens is 1. The third kappa shape index (κ3) is 4.65. The van der Waals surface area contributed by atoms with Gasteiger partial charge in [0.25, 0.3) is 0 Å². The van der Waals surface area contributed by atoms with E-state index in [-0.39, 0.29) is 6.04 Å². The van der Waals surface area contributed by atoms with Gasteiger partial charge in [0.05, 0.1) is 12.3 Å². The van der Waals surface area contributed by atoms with Crippen molar-refractivity contribution in [2.75, 3.05) is 6.61 Å². The van der Waals surface area contributed by atoms with Gasteiger partial charge in [-0.25, -0.2) is 0 Å². The largest absolute Gasteiger partial charge is 0.491 e. The zero-order chi connectivity index (χ0) is 13.5. The second-order valence-corrected chi connectivity index (χ2v) is 5.09. The highest BCUT2D eigenvalue weighted by molar-refractivity contribution is 5.30. The Morgan fingerprint density at radius 3 is 2.61 bits per heavy atom. The fourth-order valence-corrected chi connectivity index (χ4v) is 1.62. The molecule has 0 fully saturated rings. The highest BCUT2D eigenvalue weighted by atomic mass is 16.5. The molecule has 0 bridgehead atoms. The van der Waals surface area contributed by atoms with Crippen LogP contribution >= 0.6 is 0 Å². The smallest absolute Gasteiger partial charge is 0.140 e. The molecule has 0 saturated carbocycles. The fraction of sp³-hybridized carbons (Fsp3) is 0.667. The Hall–Kier alpha value is -1.09. The molecule has 0 aliphatic carbocycles. The Morgan fingerprint density at radius 1 is 1.28 bits per heavy atom. The van der Waals surface area contributed by atoms with E-state index in [1.54, 1.807) is 0 Å². The van der Waals surface area contributed by atoms with Crippen LogP contribution in [0.3, 0.4) is 0 Å². The Balaban J connectivity index is 2.76. The molecule has 1 aromatic rings. The van der Waals surface area contributed by atoms with E-state index in [0.29, 0.717) is 5.92 Å². The molecule has 102 valence electrons. The van der Waals surface area contributed by atoms with Crippen molar-refractivity contribution in [1.82, 2.24) is 4.98 Å². The Bertz CT molecular complexity index is 366. The van der Waals surface area contributed by atoms with Gasteiger partial charge in [-0.05, 0) is 31.4 Å².